The van der Waals surface area contributed by atoms with Crippen LogP contribution in [0.1, 0.15) is 29.8 Å². The Morgan fingerprint density at radius 3 is 2.38 bits per heavy atom. The summed E-state index contributed by atoms with van der Waals surface area (Å²) in [5, 5.41) is 2.88. The van der Waals surface area contributed by atoms with Gasteiger partial charge in [0.25, 0.3) is 5.91 Å². The number of methoxy groups -OCH3 is 2. The molecule has 0 saturated carbocycles. The zero-order valence-corrected chi connectivity index (χ0v) is 15.5. The highest BCUT2D eigenvalue weighted by atomic mass is 16.5. The molecule has 1 N–H and O–H groups in total. The summed E-state index contributed by atoms with van der Waals surface area (Å²) in [5.41, 5.74) is 2.24. The Kier molecular flexibility index (Phi) is 4.36. The third-order valence-electron chi connectivity index (χ3n) is 4.77. The van der Waals surface area contributed by atoms with Crippen LogP contribution in [0.4, 0.5) is 11.4 Å². The zero-order valence-electron chi connectivity index (χ0n) is 15.5. The Balaban J connectivity index is 1.88. The maximum Gasteiger partial charge on any atom is 0.255 e. The Morgan fingerprint density at radius 2 is 1.73 bits per heavy atom. The van der Waals surface area contributed by atoms with Gasteiger partial charge < -0.3 is 19.7 Å². The molecule has 0 radical (unpaired) electrons. The van der Waals surface area contributed by atoms with E-state index in [0.717, 1.165) is 11.3 Å². The number of rotatable bonds is 4. The van der Waals surface area contributed by atoms with Crippen LogP contribution in [0.5, 0.6) is 11.5 Å². The van der Waals surface area contributed by atoms with Crippen LogP contribution in [-0.4, -0.2) is 33.1 Å². The quantitative estimate of drug-likeness (QED) is 0.915. The summed E-state index contributed by atoms with van der Waals surface area (Å²) in [7, 11) is 4.83. The fraction of sp³-hybridized carbons (Fsp3) is 0.300. The van der Waals surface area contributed by atoms with Gasteiger partial charge >= 0.3 is 0 Å². The first-order valence-corrected chi connectivity index (χ1v) is 8.25. The van der Waals surface area contributed by atoms with Crippen molar-refractivity contribution >= 4 is 23.2 Å². The zero-order chi connectivity index (χ0) is 19.1. The lowest BCUT2D eigenvalue weighted by atomic mass is 9.86. The van der Waals surface area contributed by atoms with Gasteiger partial charge in [-0.2, -0.15) is 0 Å². The molecule has 0 aromatic heterocycles. The molecule has 2 aromatic carbocycles. The molecule has 0 aliphatic carbocycles. The van der Waals surface area contributed by atoms with Crippen molar-refractivity contribution in [3.8, 4) is 11.5 Å². The van der Waals surface area contributed by atoms with E-state index >= 15 is 0 Å². The summed E-state index contributed by atoms with van der Waals surface area (Å²) in [5.74, 6) is 0.824. The number of carbonyl (C=O) groups is 2. The molecule has 0 unspecified atom stereocenters. The fourth-order valence-electron chi connectivity index (χ4n) is 3.23. The van der Waals surface area contributed by atoms with Crippen molar-refractivity contribution < 1.29 is 19.1 Å². The molecule has 0 saturated heterocycles. The summed E-state index contributed by atoms with van der Waals surface area (Å²) >= 11 is 0. The standard InChI is InChI=1S/C20H22N2O4/c1-20(2)14-11-13(7-8-15(14)22(3)19(20)24)21-18(23)12-6-9-16(25-4)17(10-12)26-5/h6-11H,1-5H3,(H,21,23). The van der Waals surface area contributed by atoms with Crippen LogP contribution in [-0.2, 0) is 10.2 Å². The van der Waals surface area contributed by atoms with Gasteiger partial charge in [0.05, 0.1) is 19.6 Å². The Labute approximate surface area is 152 Å². The largest absolute Gasteiger partial charge is 0.493 e. The molecule has 6 nitrogen and oxygen atoms in total. The van der Waals surface area contributed by atoms with E-state index in [1.54, 1.807) is 43.3 Å². The van der Waals surface area contributed by atoms with Gasteiger partial charge in [-0.25, -0.2) is 0 Å². The first kappa shape index (κ1) is 17.8. The molecule has 26 heavy (non-hydrogen) atoms. The van der Waals surface area contributed by atoms with Gasteiger partial charge in [0.2, 0.25) is 5.91 Å². The molecular weight excluding hydrogens is 332 g/mol. The molecule has 136 valence electrons. The lowest BCUT2D eigenvalue weighted by Gasteiger charge is -2.17. The van der Waals surface area contributed by atoms with Crippen molar-refractivity contribution in [3.05, 3.63) is 47.5 Å². The van der Waals surface area contributed by atoms with Gasteiger partial charge in [-0.3, -0.25) is 9.59 Å². The number of amides is 2. The van der Waals surface area contributed by atoms with Gasteiger partial charge in [-0.15, -0.1) is 0 Å². The predicted molar refractivity (Wildman–Crippen MR) is 100 cm³/mol. The van der Waals surface area contributed by atoms with E-state index in [0.29, 0.717) is 22.7 Å². The average Bonchev–Trinajstić information content (AvgIpc) is 2.81. The number of nitrogens with one attached hydrogen (secondary N) is 1. The number of hydrogen-bond acceptors (Lipinski definition) is 4. The van der Waals surface area contributed by atoms with Gasteiger partial charge in [-0.1, -0.05) is 0 Å². The molecule has 0 fully saturated rings. The normalized spacial score (nSPS) is 14.8. The van der Waals surface area contributed by atoms with Crippen LogP contribution < -0.4 is 19.7 Å². The van der Waals surface area contributed by atoms with E-state index < -0.39 is 5.41 Å². The summed E-state index contributed by atoms with van der Waals surface area (Å²) in [6.07, 6.45) is 0. The van der Waals surface area contributed by atoms with Crippen molar-refractivity contribution in [2.45, 2.75) is 19.3 Å². The highest BCUT2D eigenvalue weighted by molar-refractivity contribution is 6.09. The minimum Gasteiger partial charge on any atom is -0.493 e. The molecule has 2 aromatic rings. The topological polar surface area (TPSA) is 67.9 Å². The van der Waals surface area contributed by atoms with Gasteiger partial charge in [-0.05, 0) is 55.8 Å². The molecule has 6 heteroatoms. The molecule has 2 amide bonds. The third-order valence-corrected chi connectivity index (χ3v) is 4.77. The number of carbonyl (C=O) groups excluding carboxylic acids is 2. The number of hydrogen-bond donors (Lipinski definition) is 1. The maximum absolute atomic E-state index is 12.6. The van der Waals surface area contributed by atoms with Crippen LogP contribution in [0.25, 0.3) is 0 Å². The van der Waals surface area contributed by atoms with E-state index in [9.17, 15) is 9.59 Å². The van der Waals surface area contributed by atoms with Crippen LogP contribution in [0.15, 0.2) is 36.4 Å². The second-order valence-corrected chi connectivity index (χ2v) is 6.74. The Hall–Kier alpha value is -3.02. The number of anilines is 2. The summed E-state index contributed by atoms with van der Waals surface area (Å²) in [6, 6.07) is 10.5. The van der Waals surface area contributed by atoms with Gasteiger partial charge in [0, 0.05) is 24.0 Å². The maximum atomic E-state index is 12.6. The average molecular weight is 354 g/mol. The Morgan fingerprint density at radius 1 is 1.04 bits per heavy atom. The van der Waals surface area contributed by atoms with Crippen LogP contribution >= 0.6 is 0 Å². The molecule has 3 rings (SSSR count). The van der Waals surface area contributed by atoms with Crippen LogP contribution in [0, 0.1) is 0 Å². The molecule has 1 aliphatic rings. The smallest absolute Gasteiger partial charge is 0.255 e. The van der Waals surface area contributed by atoms with Gasteiger partial charge in [0.15, 0.2) is 11.5 Å². The number of benzene rings is 2. The predicted octanol–water partition coefficient (Wildman–Crippen LogP) is 3.21. The molecule has 1 heterocycles. The van der Waals surface area contributed by atoms with Crippen LogP contribution in [0.3, 0.4) is 0 Å². The number of nitrogens with zero attached hydrogens (tertiary/aromatic N) is 1. The van der Waals surface area contributed by atoms with E-state index in [-0.39, 0.29) is 11.8 Å². The van der Waals surface area contributed by atoms with E-state index in [4.69, 9.17) is 9.47 Å². The van der Waals surface area contributed by atoms with Crippen molar-refractivity contribution in [2.75, 3.05) is 31.5 Å². The molecular formula is C20H22N2O4. The van der Waals surface area contributed by atoms with Crippen molar-refractivity contribution in [3.63, 3.8) is 0 Å². The first-order chi connectivity index (χ1) is 12.3. The second kappa shape index (κ2) is 6.37. The lowest BCUT2D eigenvalue weighted by molar-refractivity contribution is -0.121. The fourth-order valence-corrected chi connectivity index (χ4v) is 3.23. The monoisotopic (exact) mass is 354 g/mol. The number of ether oxygens (including phenoxy) is 2. The summed E-state index contributed by atoms with van der Waals surface area (Å²) < 4.78 is 10.4. The van der Waals surface area contributed by atoms with E-state index in [1.165, 1.54) is 7.11 Å². The van der Waals surface area contributed by atoms with Crippen molar-refractivity contribution in [1.82, 2.24) is 0 Å². The molecule has 0 spiro atoms. The first-order valence-electron chi connectivity index (χ1n) is 8.25. The third kappa shape index (κ3) is 2.77. The lowest BCUT2D eigenvalue weighted by Crippen LogP contribution is -2.33. The molecule has 1 aliphatic heterocycles. The van der Waals surface area contributed by atoms with Crippen LogP contribution in [0.2, 0.25) is 0 Å². The van der Waals surface area contributed by atoms with E-state index in [1.807, 2.05) is 26.0 Å². The minimum absolute atomic E-state index is 0.0378. The van der Waals surface area contributed by atoms with E-state index in [2.05, 4.69) is 5.32 Å². The van der Waals surface area contributed by atoms with Gasteiger partial charge in [0.1, 0.15) is 0 Å². The Bertz CT molecular complexity index is 889. The number of likely N-dealkylation sites (N-methyl/N-ethyl adjacent to an activating group) is 1. The summed E-state index contributed by atoms with van der Waals surface area (Å²) in [6.45, 7) is 3.77. The number of fused-ring (bicyclic) bond motifs is 1. The minimum atomic E-state index is -0.617. The molecule has 0 atom stereocenters. The SMILES string of the molecule is COc1ccc(C(=O)Nc2ccc3c(c2)C(C)(C)C(=O)N3C)cc1OC. The molecule has 0 bridgehead atoms. The van der Waals surface area contributed by atoms with Crippen molar-refractivity contribution in [1.29, 1.82) is 0 Å². The summed E-state index contributed by atoms with van der Waals surface area (Å²) in [4.78, 5) is 26.6. The highest BCUT2D eigenvalue weighted by Crippen LogP contribution is 2.42. The second-order valence-electron chi connectivity index (χ2n) is 6.74. The highest BCUT2D eigenvalue weighted by Gasteiger charge is 2.42. The van der Waals surface area contributed by atoms with Crippen molar-refractivity contribution in [2.24, 2.45) is 0 Å².